The van der Waals surface area contributed by atoms with E-state index in [4.69, 9.17) is 9.84 Å². The highest BCUT2D eigenvalue weighted by atomic mass is 19.4. The van der Waals surface area contributed by atoms with Crippen LogP contribution in [0.25, 0.3) is 0 Å². The Bertz CT molecular complexity index is 687. The average molecular weight is 428 g/mol. The third-order valence-electron chi connectivity index (χ3n) is 5.47. The number of hydrogen-bond donors (Lipinski definition) is 2. The predicted molar refractivity (Wildman–Crippen MR) is 108 cm³/mol. The molecule has 3 atom stereocenters. The van der Waals surface area contributed by atoms with Crippen LogP contribution < -0.4 is 0 Å². The van der Waals surface area contributed by atoms with Gasteiger partial charge < -0.3 is 14.9 Å². The van der Waals surface area contributed by atoms with Gasteiger partial charge in [-0.25, -0.2) is 0 Å². The maximum atomic E-state index is 12.8. The second-order valence-electron chi connectivity index (χ2n) is 7.89. The summed E-state index contributed by atoms with van der Waals surface area (Å²) >= 11 is 0. The van der Waals surface area contributed by atoms with Gasteiger partial charge >= 0.3 is 12.1 Å². The molecule has 1 aromatic carbocycles. The minimum atomic E-state index is -4.32. The molecule has 0 bridgehead atoms. The smallest absolute Gasteiger partial charge is 0.416 e. The molecule has 7 heteroatoms. The van der Waals surface area contributed by atoms with Gasteiger partial charge in [-0.1, -0.05) is 30.4 Å². The first kappa shape index (κ1) is 24.4. The van der Waals surface area contributed by atoms with Gasteiger partial charge in [0.05, 0.1) is 17.8 Å². The normalized spacial score (nSPS) is 22.1. The minimum Gasteiger partial charge on any atom is -0.481 e. The number of carboxylic acid groups (broad SMARTS) is 1. The van der Waals surface area contributed by atoms with Crippen molar-refractivity contribution in [3.05, 3.63) is 47.5 Å². The number of aliphatic carboxylic acids is 1. The fourth-order valence-electron chi connectivity index (χ4n) is 3.84. The van der Waals surface area contributed by atoms with Crippen LogP contribution in [0.1, 0.15) is 62.5 Å². The van der Waals surface area contributed by atoms with Crippen LogP contribution in [0.3, 0.4) is 0 Å². The highest BCUT2D eigenvalue weighted by Crippen LogP contribution is 2.32. The van der Waals surface area contributed by atoms with E-state index in [9.17, 15) is 23.1 Å². The molecule has 2 rings (SSSR count). The van der Waals surface area contributed by atoms with E-state index in [1.54, 1.807) is 6.07 Å². The van der Waals surface area contributed by atoms with E-state index in [0.29, 0.717) is 31.4 Å². The summed E-state index contributed by atoms with van der Waals surface area (Å²) in [7, 11) is 0. The third kappa shape index (κ3) is 8.48. The molecular formula is C23H31F3O4. The third-order valence-corrected chi connectivity index (χ3v) is 5.47. The monoisotopic (exact) mass is 428 g/mol. The quantitative estimate of drug-likeness (QED) is 0.346. The number of carboxylic acids is 1. The second kappa shape index (κ2) is 12.1. The van der Waals surface area contributed by atoms with Crippen LogP contribution >= 0.6 is 0 Å². The zero-order chi connectivity index (χ0) is 22.0. The van der Waals surface area contributed by atoms with E-state index < -0.39 is 23.8 Å². The molecule has 1 aliphatic carbocycles. The first-order valence-corrected chi connectivity index (χ1v) is 10.6. The number of allylic oxidation sites excluding steroid dienone is 2. The molecule has 4 nitrogen and oxygen atoms in total. The fraction of sp³-hybridized carbons (Fsp3) is 0.609. The van der Waals surface area contributed by atoms with E-state index in [-0.39, 0.29) is 18.4 Å². The lowest BCUT2D eigenvalue weighted by molar-refractivity contribution is -0.138. The summed E-state index contributed by atoms with van der Waals surface area (Å²) in [6, 6.07) is 5.41. The molecule has 2 unspecified atom stereocenters. The summed E-state index contributed by atoms with van der Waals surface area (Å²) in [4.78, 5) is 10.5. The van der Waals surface area contributed by atoms with Crippen LogP contribution in [-0.4, -0.2) is 35.0 Å². The molecule has 1 saturated carbocycles. The molecule has 0 radical (unpaired) electrons. The van der Waals surface area contributed by atoms with Gasteiger partial charge in [-0.2, -0.15) is 13.2 Å². The van der Waals surface area contributed by atoms with E-state index >= 15 is 0 Å². The number of carbonyl (C=O) groups is 1. The maximum absolute atomic E-state index is 12.8. The Morgan fingerprint density at radius 3 is 2.70 bits per heavy atom. The van der Waals surface area contributed by atoms with Crippen molar-refractivity contribution in [2.45, 2.75) is 76.2 Å². The lowest BCUT2D eigenvalue weighted by Crippen LogP contribution is -2.29. The first-order chi connectivity index (χ1) is 14.3. The summed E-state index contributed by atoms with van der Waals surface area (Å²) in [6.07, 6.45) is 4.87. The molecule has 0 saturated heterocycles. The molecule has 168 valence electrons. The summed E-state index contributed by atoms with van der Waals surface area (Å²) in [5.41, 5.74) is 0.0424. The molecule has 1 aromatic rings. The molecule has 30 heavy (non-hydrogen) atoms. The standard InChI is InChI=1S/C23H31F3O4/c24-23(25,26)19-11-7-9-17(16-19)8-5-6-15-30-22-18(13-14-20(22)27)10-3-1-2-4-12-21(28)29/h1,3,7,9,11,16,18,20,22,27H,2,4-6,8,10,12-15H2,(H,28,29)/b3-1-/t18-,20?,22?/m0/s1. The SMILES string of the molecule is O=C(O)CCC/C=C\C[C@H]1CCC(O)C1OCCCCc1cccc(C(F)(F)F)c1. The molecule has 0 aromatic heterocycles. The number of halogens is 3. The molecule has 0 amide bonds. The van der Waals surface area contributed by atoms with Crippen LogP contribution in [0.15, 0.2) is 36.4 Å². The number of benzene rings is 1. The Kier molecular flexibility index (Phi) is 9.85. The summed E-state index contributed by atoms with van der Waals surface area (Å²) < 4.78 is 44.2. The molecule has 1 fully saturated rings. The Balaban J connectivity index is 1.67. The van der Waals surface area contributed by atoms with Crippen molar-refractivity contribution >= 4 is 5.97 Å². The van der Waals surface area contributed by atoms with Crippen molar-refractivity contribution in [2.24, 2.45) is 5.92 Å². The second-order valence-corrected chi connectivity index (χ2v) is 7.89. The summed E-state index contributed by atoms with van der Waals surface area (Å²) in [6.45, 7) is 0.472. The van der Waals surface area contributed by atoms with Crippen LogP contribution in [0.2, 0.25) is 0 Å². The lowest BCUT2D eigenvalue weighted by Gasteiger charge is -2.22. The zero-order valence-corrected chi connectivity index (χ0v) is 17.1. The van der Waals surface area contributed by atoms with Gasteiger partial charge in [0.1, 0.15) is 0 Å². The number of unbranched alkanes of at least 4 members (excludes halogenated alkanes) is 2. The average Bonchev–Trinajstić information content (AvgIpc) is 3.03. The predicted octanol–water partition coefficient (Wildman–Crippen LogP) is 5.39. The van der Waals surface area contributed by atoms with Crippen LogP contribution in [-0.2, 0) is 22.1 Å². The lowest BCUT2D eigenvalue weighted by atomic mass is 10.0. The zero-order valence-electron chi connectivity index (χ0n) is 17.1. The topological polar surface area (TPSA) is 66.8 Å². The van der Waals surface area contributed by atoms with Crippen molar-refractivity contribution in [1.29, 1.82) is 0 Å². The van der Waals surface area contributed by atoms with Gasteiger partial charge in [-0.05, 0) is 68.9 Å². The van der Waals surface area contributed by atoms with E-state index in [1.807, 2.05) is 12.2 Å². The summed E-state index contributed by atoms with van der Waals surface area (Å²) in [5, 5.41) is 18.8. The Labute approximate surface area is 175 Å². The Hall–Kier alpha value is -1.86. The Morgan fingerprint density at radius 1 is 1.17 bits per heavy atom. The van der Waals surface area contributed by atoms with Crippen LogP contribution in [0.5, 0.6) is 0 Å². The molecule has 0 heterocycles. The molecular weight excluding hydrogens is 397 g/mol. The fourth-order valence-corrected chi connectivity index (χ4v) is 3.84. The first-order valence-electron chi connectivity index (χ1n) is 10.6. The maximum Gasteiger partial charge on any atom is 0.416 e. The summed E-state index contributed by atoms with van der Waals surface area (Å²) in [5.74, 6) is -0.553. The molecule has 0 spiro atoms. The van der Waals surface area contributed by atoms with Gasteiger partial charge in [0.2, 0.25) is 0 Å². The van der Waals surface area contributed by atoms with E-state index in [0.717, 1.165) is 38.2 Å². The highest BCUT2D eigenvalue weighted by molar-refractivity contribution is 5.66. The van der Waals surface area contributed by atoms with Crippen LogP contribution in [0, 0.1) is 5.92 Å². The van der Waals surface area contributed by atoms with Crippen LogP contribution in [0.4, 0.5) is 13.2 Å². The van der Waals surface area contributed by atoms with Crippen molar-refractivity contribution in [3.8, 4) is 0 Å². The number of aryl methyl sites for hydroxylation is 1. The van der Waals surface area contributed by atoms with Crippen molar-refractivity contribution < 1.29 is 32.9 Å². The number of aliphatic hydroxyl groups is 1. The number of aliphatic hydroxyl groups excluding tert-OH is 1. The number of hydrogen-bond acceptors (Lipinski definition) is 3. The van der Waals surface area contributed by atoms with Crippen molar-refractivity contribution in [1.82, 2.24) is 0 Å². The number of ether oxygens (including phenoxy) is 1. The highest BCUT2D eigenvalue weighted by Gasteiger charge is 2.34. The largest absolute Gasteiger partial charge is 0.481 e. The van der Waals surface area contributed by atoms with Gasteiger partial charge in [-0.3, -0.25) is 4.79 Å². The molecule has 1 aliphatic rings. The van der Waals surface area contributed by atoms with E-state index in [2.05, 4.69) is 0 Å². The van der Waals surface area contributed by atoms with Gasteiger partial charge in [0.15, 0.2) is 0 Å². The van der Waals surface area contributed by atoms with Gasteiger partial charge in [0.25, 0.3) is 0 Å². The van der Waals surface area contributed by atoms with Gasteiger partial charge in [0, 0.05) is 13.0 Å². The van der Waals surface area contributed by atoms with Crippen molar-refractivity contribution in [3.63, 3.8) is 0 Å². The minimum absolute atomic E-state index is 0.165. The Morgan fingerprint density at radius 2 is 1.97 bits per heavy atom. The number of rotatable bonds is 12. The van der Waals surface area contributed by atoms with Gasteiger partial charge in [-0.15, -0.1) is 0 Å². The van der Waals surface area contributed by atoms with Crippen molar-refractivity contribution in [2.75, 3.05) is 6.61 Å². The van der Waals surface area contributed by atoms with E-state index in [1.165, 1.54) is 12.1 Å². The number of alkyl halides is 3. The molecule has 0 aliphatic heterocycles. The molecule has 2 N–H and O–H groups in total.